The molecule has 2 amide bonds. The molecule has 0 saturated carbocycles. The van der Waals surface area contributed by atoms with Gasteiger partial charge in [0.15, 0.2) is 6.61 Å². The molecular formula is C24H32N2O3. The van der Waals surface area contributed by atoms with Gasteiger partial charge in [0.25, 0.3) is 5.91 Å². The predicted molar refractivity (Wildman–Crippen MR) is 116 cm³/mol. The molecule has 1 N–H and O–H groups in total. The number of para-hydroxylation sites is 1. The number of aryl methyl sites for hydroxylation is 2. The number of nitrogens with zero attached hydrogens (tertiary/aromatic N) is 1. The number of rotatable bonds is 9. The smallest absolute Gasteiger partial charge is 0.261 e. The number of nitrogens with one attached hydrogen (secondary N) is 1. The Morgan fingerprint density at radius 3 is 2.31 bits per heavy atom. The van der Waals surface area contributed by atoms with Crippen LogP contribution in [0.5, 0.6) is 5.75 Å². The van der Waals surface area contributed by atoms with E-state index in [1.54, 1.807) is 11.8 Å². The third kappa shape index (κ3) is 6.63. The van der Waals surface area contributed by atoms with E-state index in [9.17, 15) is 9.59 Å². The van der Waals surface area contributed by atoms with Crippen molar-refractivity contribution in [1.82, 2.24) is 10.2 Å². The Morgan fingerprint density at radius 2 is 1.69 bits per heavy atom. The zero-order valence-electron chi connectivity index (χ0n) is 18.1. The van der Waals surface area contributed by atoms with Gasteiger partial charge >= 0.3 is 0 Å². The van der Waals surface area contributed by atoms with E-state index in [4.69, 9.17) is 4.74 Å². The molecule has 2 aromatic carbocycles. The SMILES string of the molecule is CC[C@@H](C)NC(=O)[C@H](C)N(Cc1ccc(C)cc1)C(=O)COc1ccccc1C. The van der Waals surface area contributed by atoms with Crippen LogP contribution in [-0.2, 0) is 16.1 Å². The number of amides is 2. The summed E-state index contributed by atoms with van der Waals surface area (Å²) in [5.41, 5.74) is 3.09. The first-order chi connectivity index (χ1) is 13.8. The van der Waals surface area contributed by atoms with Gasteiger partial charge in [-0.25, -0.2) is 0 Å². The molecule has 156 valence electrons. The largest absolute Gasteiger partial charge is 0.484 e. The minimum atomic E-state index is -0.599. The average molecular weight is 397 g/mol. The second-order valence-corrected chi connectivity index (χ2v) is 7.56. The fourth-order valence-corrected chi connectivity index (χ4v) is 2.88. The maximum Gasteiger partial charge on any atom is 0.261 e. The Hall–Kier alpha value is -2.82. The summed E-state index contributed by atoms with van der Waals surface area (Å²) < 4.78 is 5.75. The van der Waals surface area contributed by atoms with Crippen LogP contribution in [-0.4, -0.2) is 35.4 Å². The Kier molecular flexibility index (Phi) is 8.25. The lowest BCUT2D eigenvalue weighted by Gasteiger charge is -2.29. The first-order valence-electron chi connectivity index (χ1n) is 10.2. The normalized spacial score (nSPS) is 12.7. The van der Waals surface area contributed by atoms with Gasteiger partial charge in [-0.2, -0.15) is 0 Å². The summed E-state index contributed by atoms with van der Waals surface area (Å²) in [7, 11) is 0. The number of carbonyl (C=O) groups is 2. The van der Waals surface area contributed by atoms with Gasteiger partial charge in [-0.05, 0) is 51.3 Å². The maximum atomic E-state index is 13.0. The van der Waals surface area contributed by atoms with Crippen molar-refractivity contribution in [2.75, 3.05) is 6.61 Å². The highest BCUT2D eigenvalue weighted by Crippen LogP contribution is 2.17. The van der Waals surface area contributed by atoms with Gasteiger partial charge in [-0.1, -0.05) is 55.0 Å². The van der Waals surface area contributed by atoms with Crippen molar-refractivity contribution < 1.29 is 14.3 Å². The third-order valence-corrected chi connectivity index (χ3v) is 5.09. The lowest BCUT2D eigenvalue weighted by molar-refractivity contribution is -0.142. The fraction of sp³-hybridized carbons (Fsp3) is 0.417. The van der Waals surface area contributed by atoms with E-state index in [0.717, 1.165) is 23.1 Å². The van der Waals surface area contributed by atoms with Gasteiger partial charge in [0.1, 0.15) is 11.8 Å². The van der Waals surface area contributed by atoms with Crippen LogP contribution in [0.2, 0.25) is 0 Å². The van der Waals surface area contributed by atoms with E-state index in [-0.39, 0.29) is 24.5 Å². The Labute approximate surface area is 174 Å². The lowest BCUT2D eigenvalue weighted by atomic mass is 10.1. The maximum absolute atomic E-state index is 13.0. The molecule has 0 radical (unpaired) electrons. The van der Waals surface area contributed by atoms with Crippen LogP contribution < -0.4 is 10.1 Å². The molecule has 0 aliphatic carbocycles. The number of hydrogen-bond acceptors (Lipinski definition) is 3. The molecule has 0 fully saturated rings. The van der Waals surface area contributed by atoms with Crippen LogP contribution in [0.15, 0.2) is 48.5 Å². The second-order valence-electron chi connectivity index (χ2n) is 7.56. The first-order valence-corrected chi connectivity index (χ1v) is 10.2. The molecule has 0 bridgehead atoms. The highest BCUT2D eigenvalue weighted by molar-refractivity contribution is 5.88. The molecule has 0 heterocycles. The van der Waals surface area contributed by atoms with Gasteiger partial charge < -0.3 is 15.0 Å². The number of benzene rings is 2. The van der Waals surface area contributed by atoms with E-state index >= 15 is 0 Å². The molecule has 2 atom stereocenters. The van der Waals surface area contributed by atoms with Crippen LogP contribution in [0.25, 0.3) is 0 Å². The molecule has 5 heteroatoms. The lowest BCUT2D eigenvalue weighted by Crippen LogP contribution is -2.50. The van der Waals surface area contributed by atoms with Crippen LogP contribution in [0.1, 0.15) is 43.9 Å². The Balaban J connectivity index is 2.15. The predicted octanol–water partition coefficient (Wildman–Crippen LogP) is 4.01. The summed E-state index contributed by atoms with van der Waals surface area (Å²) in [5, 5.41) is 2.97. The first kappa shape index (κ1) is 22.5. The van der Waals surface area contributed by atoms with Crippen LogP contribution in [0.4, 0.5) is 0 Å². The van der Waals surface area contributed by atoms with Crippen molar-refractivity contribution in [3.8, 4) is 5.75 Å². The zero-order chi connectivity index (χ0) is 21.4. The number of carbonyl (C=O) groups excluding carboxylic acids is 2. The minimum absolute atomic E-state index is 0.0597. The van der Waals surface area contributed by atoms with Crippen molar-refractivity contribution in [3.05, 3.63) is 65.2 Å². The highest BCUT2D eigenvalue weighted by Gasteiger charge is 2.27. The molecule has 29 heavy (non-hydrogen) atoms. The van der Waals surface area contributed by atoms with Crippen molar-refractivity contribution in [2.45, 2.75) is 59.7 Å². The molecule has 0 aliphatic rings. The molecule has 2 aromatic rings. The topological polar surface area (TPSA) is 58.6 Å². The van der Waals surface area contributed by atoms with E-state index in [0.29, 0.717) is 12.3 Å². The minimum Gasteiger partial charge on any atom is -0.484 e. The molecule has 5 nitrogen and oxygen atoms in total. The van der Waals surface area contributed by atoms with Crippen LogP contribution in [0.3, 0.4) is 0 Å². The molecule has 2 rings (SSSR count). The summed E-state index contributed by atoms with van der Waals surface area (Å²) >= 11 is 0. The van der Waals surface area contributed by atoms with E-state index in [1.165, 1.54) is 0 Å². The summed E-state index contributed by atoms with van der Waals surface area (Å²) in [6.45, 7) is 9.93. The van der Waals surface area contributed by atoms with Crippen molar-refractivity contribution in [2.24, 2.45) is 0 Å². The summed E-state index contributed by atoms with van der Waals surface area (Å²) in [6, 6.07) is 15.0. The van der Waals surface area contributed by atoms with Crippen molar-refractivity contribution >= 4 is 11.8 Å². The fourth-order valence-electron chi connectivity index (χ4n) is 2.88. The zero-order valence-corrected chi connectivity index (χ0v) is 18.1. The van der Waals surface area contributed by atoms with Gasteiger partial charge in [0.05, 0.1) is 0 Å². The standard InChI is InChI=1S/C24H32N2O3/c1-6-19(4)25-24(28)20(5)26(15-21-13-11-17(2)12-14-21)23(27)16-29-22-10-8-7-9-18(22)3/h7-14,19-20H,6,15-16H2,1-5H3,(H,25,28)/t19-,20+/m1/s1. The van der Waals surface area contributed by atoms with Crippen LogP contribution in [0, 0.1) is 13.8 Å². The molecule has 0 aromatic heterocycles. The molecular weight excluding hydrogens is 364 g/mol. The van der Waals surface area contributed by atoms with Gasteiger partial charge in [-0.15, -0.1) is 0 Å². The number of ether oxygens (including phenoxy) is 1. The average Bonchev–Trinajstić information content (AvgIpc) is 2.71. The highest BCUT2D eigenvalue weighted by atomic mass is 16.5. The van der Waals surface area contributed by atoms with Crippen molar-refractivity contribution in [3.63, 3.8) is 0 Å². The Bertz CT molecular complexity index is 817. The summed E-state index contributed by atoms with van der Waals surface area (Å²) in [5.74, 6) is 0.296. The second kappa shape index (κ2) is 10.6. The molecule has 0 unspecified atom stereocenters. The summed E-state index contributed by atoms with van der Waals surface area (Å²) in [6.07, 6.45) is 0.834. The molecule has 0 saturated heterocycles. The quantitative estimate of drug-likeness (QED) is 0.697. The van der Waals surface area contributed by atoms with E-state index in [2.05, 4.69) is 5.32 Å². The van der Waals surface area contributed by atoms with Gasteiger partial charge in [-0.3, -0.25) is 9.59 Å². The van der Waals surface area contributed by atoms with Gasteiger partial charge in [0, 0.05) is 12.6 Å². The van der Waals surface area contributed by atoms with Crippen LogP contribution >= 0.6 is 0 Å². The van der Waals surface area contributed by atoms with E-state index < -0.39 is 6.04 Å². The molecule has 0 spiro atoms. The molecule has 0 aliphatic heterocycles. The monoisotopic (exact) mass is 396 g/mol. The summed E-state index contributed by atoms with van der Waals surface area (Å²) in [4.78, 5) is 27.3. The van der Waals surface area contributed by atoms with Crippen molar-refractivity contribution in [1.29, 1.82) is 0 Å². The van der Waals surface area contributed by atoms with Gasteiger partial charge in [0.2, 0.25) is 5.91 Å². The van der Waals surface area contributed by atoms with E-state index in [1.807, 2.05) is 76.2 Å². The number of hydrogen-bond donors (Lipinski definition) is 1. The third-order valence-electron chi connectivity index (χ3n) is 5.09. The Morgan fingerprint density at radius 1 is 1.03 bits per heavy atom.